The molecule has 20 heavy (non-hydrogen) atoms. The number of allylic oxidation sites excluding steroid dienone is 1. The first-order valence-corrected chi connectivity index (χ1v) is 11.3. The molecule has 1 aliphatic heterocycles. The van der Waals surface area contributed by atoms with Gasteiger partial charge in [0, 0.05) is 0 Å². The molecule has 0 aromatic heterocycles. The molecule has 0 amide bonds. The fraction of sp³-hybridized carbons (Fsp3) is 0.882. The second kappa shape index (κ2) is 4.69. The van der Waals surface area contributed by atoms with Gasteiger partial charge in [-0.15, -0.1) is 0 Å². The van der Waals surface area contributed by atoms with Gasteiger partial charge in [-0.1, -0.05) is 24.1 Å². The van der Waals surface area contributed by atoms with Gasteiger partial charge in [0.25, 0.3) is 0 Å². The summed E-state index contributed by atoms with van der Waals surface area (Å²) in [5.74, 6) is 1.53. The van der Waals surface area contributed by atoms with Gasteiger partial charge in [0.05, 0.1) is 11.2 Å². The molecule has 0 bridgehead atoms. The zero-order valence-electron chi connectivity index (χ0n) is 13.5. The lowest BCUT2D eigenvalue weighted by atomic mass is 9.72. The first-order valence-electron chi connectivity index (χ1n) is 8.38. The smallest absolute Gasteiger partial charge is 0.214 e. The fourth-order valence-electron chi connectivity index (χ4n) is 5.02. The molecule has 2 saturated carbocycles. The van der Waals surface area contributed by atoms with Gasteiger partial charge >= 0.3 is 0 Å². The molecular formula is C17H30O2Si. The van der Waals surface area contributed by atoms with E-state index in [0.717, 1.165) is 5.92 Å². The van der Waals surface area contributed by atoms with E-state index >= 15 is 0 Å². The molecule has 0 aromatic rings. The minimum absolute atomic E-state index is 0.213. The summed E-state index contributed by atoms with van der Waals surface area (Å²) in [6, 6.07) is 0. The van der Waals surface area contributed by atoms with Crippen LogP contribution >= 0.6 is 0 Å². The molecular weight excluding hydrogens is 264 g/mol. The molecule has 1 heterocycles. The second-order valence-corrected chi connectivity index (χ2v) is 12.2. The Morgan fingerprint density at radius 1 is 1.20 bits per heavy atom. The molecule has 3 aliphatic rings. The van der Waals surface area contributed by atoms with Crippen LogP contribution in [-0.2, 0) is 4.43 Å². The highest BCUT2D eigenvalue weighted by Gasteiger charge is 2.58. The summed E-state index contributed by atoms with van der Waals surface area (Å²) in [6.45, 7) is 8.43. The SMILES string of the molecule is CC(C)(O)/C=C1/C[C@@H]2CC[C@@H]3CCCC[C@@]32O[Si]1(C)C. The van der Waals surface area contributed by atoms with E-state index in [0.29, 0.717) is 5.92 Å². The van der Waals surface area contributed by atoms with Crippen molar-refractivity contribution in [1.29, 1.82) is 0 Å². The van der Waals surface area contributed by atoms with Crippen LogP contribution in [0.5, 0.6) is 0 Å². The molecule has 3 atom stereocenters. The van der Waals surface area contributed by atoms with Crippen molar-refractivity contribution in [2.24, 2.45) is 11.8 Å². The van der Waals surface area contributed by atoms with Gasteiger partial charge in [0.15, 0.2) is 0 Å². The number of hydrogen-bond donors (Lipinski definition) is 1. The van der Waals surface area contributed by atoms with Crippen LogP contribution in [0.1, 0.15) is 58.8 Å². The van der Waals surface area contributed by atoms with Crippen LogP contribution in [0, 0.1) is 11.8 Å². The lowest BCUT2D eigenvalue weighted by Gasteiger charge is -2.53. The summed E-state index contributed by atoms with van der Waals surface area (Å²) >= 11 is 0. The zero-order chi connectivity index (χ0) is 14.6. The maximum Gasteiger partial charge on any atom is 0.214 e. The number of hydrogen-bond acceptors (Lipinski definition) is 2. The molecule has 3 fully saturated rings. The van der Waals surface area contributed by atoms with E-state index in [9.17, 15) is 5.11 Å². The van der Waals surface area contributed by atoms with Crippen molar-refractivity contribution in [3.63, 3.8) is 0 Å². The zero-order valence-corrected chi connectivity index (χ0v) is 14.5. The van der Waals surface area contributed by atoms with Crippen LogP contribution in [-0.4, -0.2) is 24.6 Å². The predicted molar refractivity (Wildman–Crippen MR) is 85.0 cm³/mol. The Kier molecular flexibility index (Phi) is 3.47. The molecule has 1 N–H and O–H groups in total. The molecule has 1 spiro atoms. The Labute approximate surface area is 124 Å². The minimum Gasteiger partial charge on any atom is -0.407 e. The Balaban J connectivity index is 1.92. The molecule has 0 unspecified atom stereocenters. The van der Waals surface area contributed by atoms with E-state index in [1.165, 1.54) is 50.1 Å². The lowest BCUT2D eigenvalue weighted by molar-refractivity contribution is -0.0540. The summed E-state index contributed by atoms with van der Waals surface area (Å²) in [5.41, 5.74) is -0.497. The molecule has 114 valence electrons. The first-order chi connectivity index (χ1) is 9.23. The monoisotopic (exact) mass is 294 g/mol. The molecule has 1 saturated heterocycles. The van der Waals surface area contributed by atoms with Crippen LogP contribution in [0.15, 0.2) is 11.3 Å². The molecule has 3 rings (SSSR count). The topological polar surface area (TPSA) is 29.5 Å². The third kappa shape index (κ3) is 2.42. The van der Waals surface area contributed by atoms with Gasteiger partial charge in [-0.2, -0.15) is 0 Å². The van der Waals surface area contributed by atoms with Crippen molar-refractivity contribution in [3.05, 3.63) is 11.3 Å². The van der Waals surface area contributed by atoms with E-state index in [1.54, 1.807) is 0 Å². The quantitative estimate of drug-likeness (QED) is 0.735. The van der Waals surface area contributed by atoms with E-state index in [1.807, 2.05) is 13.8 Å². The summed E-state index contributed by atoms with van der Waals surface area (Å²) in [7, 11) is -1.83. The molecule has 3 heteroatoms. The van der Waals surface area contributed by atoms with Gasteiger partial charge in [-0.3, -0.25) is 0 Å². The van der Waals surface area contributed by atoms with Gasteiger partial charge in [-0.25, -0.2) is 0 Å². The van der Waals surface area contributed by atoms with Crippen LogP contribution in [0.4, 0.5) is 0 Å². The Hall–Kier alpha value is -0.123. The van der Waals surface area contributed by atoms with Crippen molar-refractivity contribution in [2.45, 2.75) is 83.1 Å². The van der Waals surface area contributed by atoms with E-state index in [4.69, 9.17) is 4.43 Å². The van der Waals surface area contributed by atoms with E-state index in [-0.39, 0.29) is 5.60 Å². The third-order valence-corrected chi connectivity index (χ3v) is 8.61. The highest BCUT2D eigenvalue weighted by Crippen LogP contribution is 2.58. The average molecular weight is 295 g/mol. The van der Waals surface area contributed by atoms with E-state index in [2.05, 4.69) is 19.2 Å². The first kappa shape index (κ1) is 14.8. The molecule has 0 radical (unpaired) electrons. The van der Waals surface area contributed by atoms with Crippen LogP contribution in [0.2, 0.25) is 13.1 Å². The van der Waals surface area contributed by atoms with Gasteiger partial charge < -0.3 is 9.53 Å². The number of aliphatic hydroxyl groups is 1. The van der Waals surface area contributed by atoms with E-state index < -0.39 is 13.9 Å². The minimum atomic E-state index is -1.83. The highest BCUT2D eigenvalue weighted by molar-refractivity contribution is 6.78. The van der Waals surface area contributed by atoms with Crippen molar-refractivity contribution < 1.29 is 9.53 Å². The van der Waals surface area contributed by atoms with Crippen molar-refractivity contribution in [2.75, 3.05) is 0 Å². The third-order valence-electron chi connectivity index (χ3n) is 5.83. The van der Waals surface area contributed by atoms with Gasteiger partial charge in [0.1, 0.15) is 0 Å². The Morgan fingerprint density at radius 2 is 1.90 bits per heavy atom. The second-order valence-electron chi connectivity index (χ2n) is 8.31. The van der Waals surface area contributed by atoms with Crippen molar-refractivity contribution in [1.82, 2.24) is 0 Å². The number of rotatable bonds is 1. The van der Waals surface area contributed by atoms with Crippen LogP contribution in [0.25, 0.3) is 0 Å². The fourth-order valence-corrected chi connectivity index (χ4v) is 7.97. The summed E-state index contributed by atoms with van der Waals surface area (Å²) in [6.07, 6.45) is 11.4. The summed E-state index contributed by atoms with van der Waals surface area (Å²) < 4.78 is 6.91. The van der Waals surface area contributed by atoms with Gasteiger partial charge in [-0.05, 0) is 70.9 Å². The van der Waals surface area contributed by atoms with Gasteiger partial charge in [0.2, 0.25) is 8.32 Å². The molecule has 0 aromatic carbocycles. The molecule has 2 aliphatic carbocycles. The van der Waals surface area contributed by atoms with Crippen LogP contribution < -0.4 is 0 Å². The Bertz CT molecular complexity index is 421. The predicted octanol–water partition coefficient (Wildman–Crippen LogP) is 4.19. The normalized spacial score (nSPS) is 42.4. The van der Waals surface area contributed by atoms with Crippen LogP contribution in [0.3, 0.4) is 0 Å². The highest BCUT2D eigenvalue weighted by atomic mass is 28.4. The molecule has 2 nitrogen and oxygen atoms in total. The maximum absolute atomic E-state index is 10.2. The Morgan fingerprint density at radius 3 is 2.60 bits per heavy atom. The lowest BCUT2D eigenvalue weighted by Crippen LogP contribution is -2.57. The average Bonchev–Trinajstić information content (AvgIpc) is 2.65. The largest absolute Gasteiger partial charge is 0.407 e. The summed E-state index contributed by atoms with van der Waals surface area (Å²) in [4.78, 5) is 0. The van der Waals surface area contributed by atoms with Crippen molar-refractivity contribution >= 4 is 8.32 Å². The van der Waals surface area contributed by atoms with Crippen molar-refractivity contribution in [3.8, 4) is 0 Å². The standard InChI is InChI=1S/C17H30O2Si/c1-16(2,18)12-15-11-14-9-8-13-7-5-6-10-17(13,14)19-20(15,3)4/h12-14,18H,5-11H2,1-4H3/b15-12-/t13-,14-,17+/m0/s1. The maximum atomic E-state index is 10.2. The summed E-state index contributed by atoms with van der Waals surface area (Å²) in [5, 5.41) is 11.6.